The van der Waals surface area contributed by atoms with E-state index in [-0.39, 0.29) is 17.0 Å². The number of halogens is 1. The summed E-state index contributed by atoms with van der Waals surface area (Å²) in [6.07, 6.45) is 0.204. The molecule has 0 amide bonds. The maximum absolute atomic E-state index is 5.91. The largest absolute Gasteiger partial charge is 0.454 e. The molecule has 1 aromatic rings. The minimum absolute atomic E-state index is 0.0181. The second kappa shape index (κ2) is 5.27. The molecule has 1 aliphatic rings. The lowest BCUT2D eigenvalue weighted by Crippen LogP contribution is -2.17. The van der Waals surface area contributed by atoms with E-state index in [4.69, 9.17) is 14.2 Å². The molecular formula is C13H17BrO3. The van der Waals surface area contributed by atoms with Crippen LogP contribution in [0.3, 0.4) is 0 Å². The van der Waals surface area contributed by atoms with Gasteiger partial charge in [-0.3, -0.25) is 0 Å². The van der Waals surface area contributed by atoms with Crippen LogP contribution in [0.4, 0.5) is 0 Å². The topological polar surface area (TPSA) is 27.7 Å². The van der Waals surface area contributed by atoms with Gasteiger partial charge in [-0.1, -0.05) is 22.0 Å². The second-order valence-electron chi connectivity index (χ2n) is 4.40. The number of hydrogen-bond donors (Lipinski definition) is 0. The summed E-state index contributed by atoms with van der Waals surface area (Å²) in [4.78, 5) is 0.241. The summed E-state index contributed by atoms with van der Waals surface area (Å²) >= 11 is 3.59. The Kier molecular flexibility index (Phi) is 3.94. The third kappa shape index (κ3) is 2.93. The van der Waals surface area contributed by atoms with Gasteiger partial charge in [-0.15, -0.1) is 0 Å². The molecule has 3 nitrogen and oxygen atoms in total. The summed E-state index contributed by atoms with van der Waals surface area (Å²) < 4.78 is 16.6. The molecule has 2 rings (SSSR count). The lowest BCUT2D eigenvalue weighted by molar-refractivity contribution is 0.00875. The van der Waals surface area contributed by atoms with Crippen LogP contribution < -0.4 is 9.47 Å². The standard InChI is InChI=1S/C13H17BrO3/c1-8(2)17-13(9(3)14)10-4-5-11-12(6-10)16-7-15-11/h4-6,8-9,13H,7H2,1-3H3/t9-,13+/m0/s1. The van der Waals surface area contributed by atoms with Crippen LogP contribution in [0.1, 0.15) is 32.4 Å². The molecule has 4 heteroatoms. The van der Waals surface area contributed by atoms with Gasteiger partial charge in [-0.2, -0.15) is 0 Å². The van der Waals surface area contributed by atoms with Crippen molar-refractivity contribution < 1.29 is 14.2 Å². The van der Waals surface area contributed by atoms with Crippen molar-refractivity contribution in [1.29, 1.82) is 0 Å². The van der Waals surface area contributed by atoms with Crippen LogP contribution in [0.2, 0.25) is 0 Å². The van der Waals surface area contributed by atoms with Gasteiger partial charge >= 0.3 is 0 Å². The lowest BCUT2D eigenvalue weighted by Gasteiger charge is -2.23. The summed E-state index contributed by atoms with van der Waals surface area (Å²) in [6.45, 7) is 6.46. The average molecular weight is 301 g/mol. The Hall–Kier alpha value is -0.740. The average Bonchev–Trinajstić information content (AvgIpc) is 2.72. The number of hydrogen-bond acceptors (Lipinski definition) is 3. The third-order valence-corrected chi connectivity index (χ3v) is 3.04. The summed E-state index contributed by atoms with van der Waals surface area (Å²) in [6, 6.07) is 5.95. The van der Waals surface area contributed by atoms with Gasteiger partial charge in [0.25, 0.3) is 0 Å². The molecule has 0 saturated carbocycles. The molecule has 0 N–H and O–H groups in total. The Morgan fingerprint density at radius 3 is 2.53 bits per heavy atom. The van der Waals surface area contributed by atoms with Crippen molar-refractivity contribution in [2.45, 2.75) is 37.8 Å². The highest BCUT2D eigenvalue weighted by Gasteiger charge is 2.22. The fraction of sp³-hybridized carbons (Fsp3) is 0.538. The predicted octanol–water partition coefficient (Wildman–Crippen LogP) is 3.66. The fourth-order valence-electron chi connectivity index (χ4n) is 1.84. The molecule has 0 aromatic heterocycles. The Bertz CT molecular complexity index is 390. The van der Waals surface area contributed by atoms with E-state index in [0.29, 0.717) is 6.79 Å². The normalized spacial score (nSPS) is 17.2. The Morgan fingerprint density at radius 1 is 1.18 bits per heavy atom. The zero-order valence-corrected chi connectivity index (χ0v) is 11.9. The van der Waals surface area contributed by atoms with Crippen LogP contribution in [0, 0.1) is 0 Å². The minimum atomic E-state index is 0.0181. The molecule has 1 aromatic carbocycles. The fourth-order valence-corrected chi connectivity index (χ4v) is 2.27. The summed E-state index contributed by atoms with van der Waals surface area (Å²) in [5.74, 6) is 1.60. The molecule has 1 aliphatic heterocycles. The van der Waals surface area contributed by atoms with Crippen molar-refractivity contribution >= 4 is 15.9 Å². The molecule has 0 saturated heterocycles. The van der Waals surface area contributed by atoms with Crippen LogP contribution in [-0.4, -0.2) is 17.7 Å². The van der Waals surface area contributed by atoms with E-state index in [1.807, 2.05) is 32.0 Å². The highest BCUT2D eigenvalue weighted by atomic mass is 79.9. The third-order valence-electron chi connectivity index (χ3n) is 2.56. The highest BCUT2D eigenvalue weighted by Crippen LogP contribution is 2.37. The SMILES string of the molecule is CC(C)O[C@@H](c1ccc2c(c1)OCO2)[C@H](C)Br. The number of rotatable bonds is 4. The molecule has 0 fully saturated rings. The molecule has 2 atom stereocenters. The Labute approximate surface area is 110 Å². The summed E-state index contributed by atoms with van der Waals surface area (Å²) in [5, 5.41) is 0. The van der Waals surface area contributed by atoms with Gasteiger partial charge < -0.3 is 14.2 Å². The van der Waals surface area contributed by atoms with Gasteiger partial charge in [0.1, 0.15) is 0 Å². The van der Waals surface area contributed by atoms with Crippen LogP contribution in [0.15, 0.2) is 18.2 Å². The molecule has 0 unspecified atom stereocenters. The van der Waals surface area contributed by atoms with Crippen molar-refractivity contribution in [1.82, 2.24) is 0 Å². The molecule has 0 bridgehead atoms. The van der Waals surface area contributed by atoms with E-state index >= 15 is 0 Å². The van der Waals surface area contributed by atoms with Gasteiger partial charge in [0.2, 0.25) is 6.79 Å². The number of benzene rings is 1. The molecule has 0 radical (unpaired) electrons. The van der Waals surface area contributed by atoms with Crippen LogP contribution in [0.25, 0.3) is 0 Å². The maximum atomic E-state index is 5.91. The van der Waals surface area contributed by atoms with Crippen molar-refractivity contribution in [3.05, 3.63) is 23.8 Å². The molecule has 94 valence electrons. The summed E-state index contributed by atoms with van der Waals surface area (Å²) in [5.41, 5.74) is 1.10. The van der Waals surface area contributed by atoms with Gasteiger partial charge in [-0.25, -0.2) is 0 Å². The van der Waals surface area contributed by atoms with E-state index in [9.17, 15) is 0 Å². The van der Waals surface area contributed by atoms with Gasteiger partial charge in [0.05, 0.1) is 12.2 Å². The molecular weight excluding hydrogens is 284 g/mol. The van der Waals surface area contributed by atoms with Crippen LogP contribution in [0.5, 0.6) is 11.5 Å². The zero-order valence-electron chi connectivity index (χ0n) is 10.3. The van der Waals surface area contributed by atoms with E-state index in [1.165, 1.54) is 0 Å². The number of ether oxygens (including phenoxy) is 3. The van der Waals surface area contributed by atoms with Gasteiger partial charge in [-0.05, 0) is 38.5 Å². The quantitative estimate of drug-likeness (QED) is 0.794. The van der Waals surface area contributed by atoms with E-state index in [0.717, 1.165) is 17.1 Å². The lowest BCUT2D eigenvalue weighted by atomic mass is 10.1. The molecule has 17 heavy (non-hydrogen) atoms. The number of alkyl halides is 1. The van der Waals surface area contributed by atoms with Crippen LogP contribution >= 0.6 is 15.9 Å². The van der Waals surface area contributed by atoms with Crippen molar-refractivity contribution in [2.75, 3.05) is 6.79 Å². The first-order valence-electron chi connectivity index (χ1n) is 5.77. The first kappa shape index (κ1) is 12.7. The van der Waals surface area contributed by atoms with Crippen molar-refractivity contribution in [3.63, 3.8) is 0 Å². The van der Waals surface area contributed by atoms with E-state index in [1.54, 1.807) is 0 Å². The smallest absolute Gasteiger partial charge is 0.231 e. The van der Waals surface area contributed by atoms with E-state index in [2.05, 4.69) is 22.9 Å². The van der Waals surface area contributed by atoms with Crippen LogP contribution in [-0.2, 0) is 4.74 Å². The summed E-state index contributed by atoms with van der Waals surface area (Å²) in [7, 11) is 0. The highest BCUT2D eigenvalue weighted by molar-refractivity contribution is 9.09. The number of fused-ring (bicyclic) bond motifs is 1. The maximum Gasteiger partial charge on any atom is 0.231 e. The Morgan fingerprint density at radius 2 is 1.88 bits per heavy atom. The van der Waals surface area contributed by atoms with Gasteiger partial charge in [0.15, 0.2) is 11.5 Å². The second-order valence-corrected chi connectivity index (χ2v) is 5.84. The monoisotopic (exact) mass is 300 g/mol. The van der Waals surface area contributed by atoms with Crippen molar-refractivity contribution in [3.8, 4) is 11.5 Å². The molecule has 1 heterocycles. The molecule has 0 spiro atoms. The Balaban J connectivity index is 2.24. The first-order chi connectivity index (χ1) is 8.08. The predicted molar refractivity (Wildman–Crippen MR) is 69.9 cm³/mol. The van der Waals surface area contributed by atoms with Gasteiger partial charge in [0, 0.05) is 4.83 Å². The molecule has 0 aliphatic carbocycles. The van der Waals surface area contributed by atoms with Crippen molar-refractivity contribution in [2.24, 2.45) is 0 Å². The minimum Gasteiger partial charge on any atom is -0.454 e. The van der Waals surface area contributed by atoms with E-state index < -0.39 is 0 Å². The zero-order chi connectivity index (χ0) is 12.4. The first-order valence-corrected chi connectivity index (χ1v) is 6.68.